The van der Waals surface area contributed by atoms with E-state index < -0.39 is 5.76 Å². The number of alkyl halides is 2. The molecule has 0 radical (unpaired) electrons. The molecular weight excluding hydrogens is 346 g/mol. The van der Waals surface area contributed by atoms with E-state index in [1.807, 2.05) is 0 Å². The second-order valence-electron chi connectivity index (χ2n) is 4.01. The summed E-state index contributed by atoms with van der Waals surface area (Å²) in [4.78, 5) is 0.520. The molecule has 1 heterocycles. The highest BCUT2D eigenvalue weighted by atomic mass is 32.2. The fraction of sp³-hybridized carbons (Fsp3) is 0.308. The highest BCUT2D eigenvalue weighted by molar-refractivity contribution is 8.01. The fourth-order valence-corrected chi connectivity index (χ4v) is 3.75. The molecule has 1 aromatic carbocycles. The molecule has 0 saturated heterocycles. The summed E-state index contributed by atoms with van der Waals surface area (Å²) < 4.78 is 25.3. The number of nitrogens with zero attached hydrogens (tertiary/aromatic N) is 3. The maximum absolute atomic E-state index is 12.2. The Morgan fingerprint density at radius 3 is 2.73 bits per heavy atom. The van der Waals surface area contributed by atoms with Crippen molar-refractivity contribution < 1.29 is 8.78 Å². The van der Waals surface area contributed by atoms with Gasteiger partial charge >= 0.3 is 0 Å². The van der Waals surface area contributed by atoms with E-state index in [2.05, 4.69) is 21.6 Å². The van der Waals surface area contributed by atoms with E-state index in [-0.39, 0.29) is 0 Å². The molecule has 0 aliphatic carbocycles. The first-order valence-electron chi connectivity index (χ1n) is 6.32. The number of rotatable bonds is 8. The third-order valence-electron chi connectivity index (χ3n) is 2.40. The largest absolute Gasteiger partial charge is 0.330 e. The molecule has 9 heteroatoms. The van der Waals surface area contributed by atoms with Crippen molar-refractivity contribution in [1.29, 1.82) is 5.26 Å². The van der Waals surface area contributed by atoms with Crippen LogP contribution in [-0.2, 0) is 0 Å². The third kappa shape index (κ3) is 5.79. The number of nitriles is 1. The molecule has 1 N–H and O–H groups in total. The van der Waals surface area contributed by atoms with Gasteiger partial charge < -0.3 is 5.32 Å². The molecule has 2 aromatic rings. The Balaban J connectivity index is 1.86. The number of nitrogens with one attached hydrogen (secondary N) is 1. The zero-order valence-corrected chi connectivity index (χ0v) is 13.8. The zero-order valence-electron chi connectivity index (χ0n) is 11.3. The van der Waals surface area contributed by atoms with Crippen molar-refractivity contribution in [2.24, 2.45) is 0 Å². The van der Waals surface area contributed by atoms with Gasteiger partial charge in [-0.3, -0.25) is 0 Å². The minimum Gasteiger partial charge on any atom is -0.330 e. The van der Waals surface area contributed by atoms with Crippen LogP contribution in [0, 0.1) is 11.3 Å². The van der Waals surface area contributed by atoms with Crippen molar-refractivity contribution in [3.63, 3.8) is 0 Å². The van der Waals surface area contributed by atoms with Gasteiger partial charge in [0.25, 0.3) is 5.76 Å². The first kappa shape index (κ1) is 17.0. The van der Waals surface area contributed by atoms with Crippen molar-refractivity contribution in [2.45, 2.75) is 27.8 Å². The second-order valence-corrected chi connectivity index (χ2v) is 7.39. The van der Waals surface area contributed by atoms with Crippen LogP contribution in [0.25, 0.3) is 0 Å². The average Bonchev–Trinajstić information content (AvgIpc) is 2.93. The maximum atomic E-state index is 12.2. The Kier molecular flexibility index (Phi) is 6.89. The van der Waals surface area contributed by atoms with Crippen molar-refractivity contribution in [1.82, 2.24) is 10.2 Å². The maximum Gasteiger partial charge on any atom is 0.288 e. The Morgan fingerprint density at radius 1 is 1.27 bits per heavy atom. The number of hydrogen-bond acceptors (Lipinski definition) is 7. The summed E-state index contributed by atoms with van der Waals surface area (Å²) >= 11 is 3.51. The molecule has 22 heavy (non-hydrogen) atoms. The molecule has 4 nitrogen and oxygen atoms in total. The smallest absolute Gasteiger partial charge is 0.288 e. The molecule has 0 amide bonds. The highest BCUT2D eigenvalue weighted by Gasteiger charge is 2.07. The van der Waals surface area contributed by atoms with E-state index in [0.717, 1.165) is 22.2 Å². The average molecular weight is 358 g/mol. The van der Waals surface area contributed by atoms with Crippen molar-refractivity contribution >= 4 is 45.7 Å². The number of anilines is 2. The van der Waals surface area contributed by atoms with E-state index in [1.165, 1.54) is 11.3 Å². The summed E-state index contributed by atoms with van der Waals surface area (Å²) in [5.74, 6) is -1.58. The van der Waals surface area contributed by atoms with Gasteiger partial charge in [-0.25, -0.2) is 0 Å². The number of hydrogen-bond donors (Lipinski definition) is 1. The Labute approximate surface area is 139 Å². The van der Waals surface area contributed by atoms with Crippen LogP contribution in [0.5, 0.6) is 0 Å². The lowest BCUT2D eigenvalue weighted by Gasteiger charge is -2.03. The second kappa shape index (κ2) is 8.92. The van der Waals surface area contributed by atoms with Crippen LogP contribution in [0.15, 0.2) is 33.5 Å². The van der Waals surface area contributed by atoms with Crippen LogP contribution in [0.4, 0.5) is 19.6 Å². The zero-order chi connectivity index (χ0) is 15.8. The molecule has 0 aliphatic heterocycles. The first-order chi connectivity index (χ1) is 10.7. The summed E-state index contributed by atoms with van der Waals surface area (Å²) in [6, 6.07) is 8.83. The Hall–Kier alpha value is -1.37. The lowest BCUT2D eigenvalue weighted by molar-refractivity contribution is 0.252. The standard InChI is InChI=1S/C13H12F2N4S3/c14-11(15)21-10-5-3-9(4-6-10)17-12-18-19-13(22-12)20-8-2-1-7-16/h3-6,11H,1-2,8H2,(H,17,18). The molecule has 0 saturated carbocycles. The minimum atomic E-state index is -2.41. The highest BCUT2D eigenvalue weighted by Crippen LogP contribution is 2.30. The molecule has 0 atom stereocenters. The number of aromatic nitrogens is 2. The van der Waals surface area contributed by atoms with Crippen LogP contribution in [0.1, 0.15) is 12.8 Å². The van der Waals surface area contributed by atoms with Gasteiger partial charge in [0.15, 0.2) is 4.34 Å². The van der Waals surface area contributed by atoms with Crippen LogP contribution in [0.2, 0.25) is 0 Å². The summed E-state index contributed by atoms with van der Waals surface area (Å²) in [5, 5.41) is 20.3. The summed E-state index contributed by atoms with van der Waals surface area (Å²) in [5.41, 5.74) is 0.774. The van der Waals surface area contributed by atoms with Gasteiger partial charge in [-0.1, -0.05) is 34.9 Å². The minimum absolute atomic E-state index is 0.518. The summed E-state index contributed by atoms with van der Waals surface area (Å²) in [7, 11) is 0. The molecule has 2 rings (SSSR count). The van der Waals surface area contributed by atoms with E-state index in [9.17, 15) is 8.78 Å². The van der Waals surface area contributed by atoms with E-state index in [1.54, 1.807) is 36.0 Å². The van der Waals surface area contributed by atoms with Gasteiger partial charge in [0.1, 0.15) is 0 Å². The lowest BCUT2D eigenvalue weighted by Crippen LogP contribution is -1.89. The summed E-state index contributed by atoms with van der Waals surface area (Å²) in [6.45, 7) is 0. The quantitative estimate of drug-likeness (QED) is 0.530. The van der Waals surface area contributed by atoms with E-state index in [4.69, 9.17) is 5.26 Å². The van der Waals surface area contributed by atoms with Gasteiger partial charge in [0.2, 0.25) is 5.13 Å². The Bertz CT molecular complexity index is 625. The monoisotopic (exact) mass is 358 g/mol. The summed E-state index contributed by atoms with van der Waals surface area (Å²) in [6.07, 6.45) is 1.37. The lowest BCUT2D eigenvalue weighted by atomic mass is 10.3. The van der Waals surface area contributed by atoms with Crippen LogP contribution >= 0.6 is 34.9 Å². The molecule has 0 bridgehead atoms. The predicted octanol–water partition coefficient (Wildman–Crippen LogP) is 4.99. The van der Waals surface area contributed by atoms with Gasteiger partial charge in [-0.2, -0.15) is 14.0 Å². The number of thioether (sulfide) groups is 2. The third-order valence-corrected chi connectivity index (χ3v) is 5.18. The van der Waals surface area contributed by atoms with E-state index >= 15 is 0 Å². The number of unbranched alkanes of at least 4 members (excludes halogenated alkanes) is 1. The van der Waals surface area contributed by atoms with Gasteiger partial charge in [-0.15, -0.1) is 10.2 Å². The number of halogens is 2. The predicted molar refractivity (Wildman–Crippen MR) is 87.1 cm³/mol. The topological polar surface area (TPSA) is 61.6 Å². The van der Waals surface area contributed by atoms with Gasteiger partial charge in [-0.05, 0) is 30.7 Å². The van der Waals surface area contributed by atoms with Crippen LogP contribution in [-0.4, -0.2) is 21.7 Å². The SMILES string of the molecule is N#CCCCSc1nnc(Nc2ccc(SC(F)F)cc2)s1. The Morgan fingerprint density at radius 2 is 2.05 bits per heavy atom. The van der Waals surface area contributed by atoms with Crippen molar-refractivity contribution in [3.8, 4) is 6.07 Å². The molecular formula is C13H12F2N4S3. The van der Waals surface area contributed by atoms with Crippen molar-refractivity contribution in [3.05, 3.63) is 24.3 Å². The van der Waals surface area contributed by atoms with Gasteiger partial charge in [0.05, 0.1) is 6.07 Å². The first-order valence-corrected chi connectivity index (χ1v) is 9.00. The van der Waals surface area contributed by atoms with Crippen LogP contribution in [0.3, 0.4) is 0 Å². The van der Waals surface area contributed by atoms with E-state index in [0.29, 0.717) is 28.2 Å². The fourth-order valence-electron chi connectivity index (χ4n) is 1.47. The molecule has 0 spiro atoms. The molecule has 116 valence electrons. The molecule has 0 fully saturated rings. The molecule has 1 aromatic heterocycles. The molecule has 0 unspecified atom stereocenters. The molecule has 0 aliphatic rings. The normalized spacial score (nSPS) is 10.6. The van der Waals surface area contributed by atoms with Gasteiger partial charge in [0, 0.05) is 22.8 Å². The van der Waals surface area contributed by atoms with Crippen molar-refractivity contribution in [2.75, 3.05) is 11.1 Å². The number of benzene rings is 1. The van der Waals surface area contributed by atoms with Crippen LogP contribution < -0.4 is 5.32 Å².